The normalized spacial score (nSPS) is 10.8. The van der Waals surface area contributed by atoms with Gasteiger partial charge >= 0.3 is 0 Å². The Kier molecular flexibility index (Phi) is 4.60. The monoisotopic (exact) mass is 375 g/mol. The van der Waals surface area contributed by atoms with Crippen molar-refractivity contribution in [2.75, 3.05) is 10.6 Å². The average Bonchev–Trinajstić information content (AvgIpc) is 2.65. The SMILES string of the molecule is Cc1cc(Nc2cccc3cccnc23)nc(Nc2cc(Cl)ccc2C)n1. The van der Waals surface area contributed by atoms with Crippen molar-refractivity contribution in [1.82, 2.24) is 15.0 Å². The van der Waals surface area contributed by atoms with E-state index in [1.807, 2.05) is 68.4 Å². The van der Waals surface area contributed by atoms with Crippen LogP contribution in [0.2, 0.25) is 5.02 Å². The molecule has 0 unspecified atom stereocenters. The zero-order valence-electron chi connectivity index (χ0n) is 15.0. The van der Waals surface area contributed by atoms with Crippen molar-refractivity contribution in [3.63, 3.8) is 0 Å². The third-order valence-corrected chi connectivity index (χ3v) is 4.43. The first kappa shape index (κ1) is 17.2. The molecule has 5 nitrogen and oxygen atoms in total. The van der Waals surface area contributed by atoms with E-state index in [1.54, 1.807) is 6.20 Å². The van der Waals surface area contributed by atoms with Gasteiger partial charge in [-0.3, -0.25) is 4.98 Å². The Hall–Kier alpha value is -3.18. The lowest BCUT2D eigenvalue weighted by atomic mass is 10.2. The van der Waals surface area contributed by atoms with E-state index >= 15 is 0 Å². The maximum Gasteiger partial charge on any atom is 0.229 e. The molecule has 0 amide bonds. The van der Waals surface area contributed by atoms with Crippen LogP contribution in [-0.2, 0) is 0 Å². The number of aromatic nitrogens is 3. The molecule has 2 heterocycles. The topological polar surface area (TPSA) is 62.7 Å². The number of aryl methyl sites for hydroxylation is 2. The lowest BCUT2D eigenvalue weighted by Gasteiger charge is -2.12. The number of hydrogen-bond donors (Lipinski definition) is 2. The van der Waals surface area contributed by atoms with Crippen molar-refractivity contribution < 1.29 is 0 Å². The van der Waals surface area contributed by atoms with Gasteiger partial charge in [0.1, 0.15) is 5.82 Å². The van der Waals surface area contributed by atoms with E-state index in [-0.39, 0.29) is 0 Å². The van der Waals surface area contributed by atoms with Gasteiger partial charge < -0.3 is 10.6 Å². The lowest BCUT2D eigenvalue weighted by molar-refractivity contribution is 1.11. The van der Waals surface area contributed by atoms with Gasteiger partial charge in [-0.05, 0) is 43.7 Å². The lowest BCUT2D eigenvalue weighted by Crippen LogP contribution is -2.03. The molecule has 0 spiro atoms. The van der Waals surface area contributed by atoms with Gasteiger partial charge in [0.25, 0.3) is 0 Å². The van der Waals surface area contributed by atoms with E-state index < -0.39 is 0 Å². The summed E-state index contributed by atoms with van der Waals surface area (Å²) in [6.45, 7) is 3.94. The minimum absolute atomic E-state index is 0.510. The molecule has 4 rings (SSSR count). The molecule has 0 aliphatic heterocycles. The molecule has 0 fully saturated rings. The average molecular weight is 376 g/mol. The summed E-state index contributed by atoms with van der Waals surface area (Å²) >= 11 is 6.11. The Morgan fingerprint density at radius 2 is 1.70 bits per heavy atom. The fourth-order valence-electron chi connectivity index (χ4n) is 2.88. The number of nitrogens with zero attached hydrogens (tertiary/aromatic N) is 3. The summed E-state index contributed by atoms with van der Waals surface area (Å²) in [6, 6.07) is 17.6. The molecule has 2 aromatic heterocycles. The van der Waals surface area contributed by atoms with Gasteiger partial charge in [0.05, 0.1) is 11.2 Å². The predicted molar refractivity (Wildman–Crippen MR) is 111 cm³/mol. The zero-order chi connectivity index (χ0) is 18.8. The molecule has 4 aromatic rings. The molecule has 2 aromatic carbocycles. The highest BCUT2D eigenvalue weighted by Crippen LogP contribution is 2.26. The first-order chi connectivity index (χ1) is 13.1. The van der Waals surface area contributed by atoms with Gasteiger partial charge in [-0.2, -0.15) is 4.98 Å². The van der Waals surface area contributed by atoms with Crippen LogP contribution in [0.4, 0.5) is 23.1 Å². The molecule has 27 heavy (non-hydrogen) atoms. The molecule has 0 aliphatic carbocycles. The molecule has 0 aliphatic rings. The summed E-state index contributed by atoms with van der Waals surface area (Å²) in [4.78, 5) is 13.6. The summed E-state index contributed by atoms with van der Waals surface area (Å²) in [5.74, 6) is 1.21. The second kappa shape index (κ2) is 7.21. The highest BCUT2D eigenvalue weighted by molar-refractivity contribution is 6.30. The van der Waals surface area contributed by atoms with Gasteiger partial charge in [0.15, 0.2) is 0 Å². The quantitative estimate of drug-likeness (QED) is 0.473. The van der Waals surface area contributed by atoms with Crippen LogP contribution in [0.25, 0.3) is 10.9 Å². The molecule has 6 heteroatoms. The predicted octanol–water partition coefficient (Wildman–Crippen LogP) is 5.78. The Labute approximate surface area is 162 Å². The highest BCUT2D eigenvalue weighted by Gasteiger charge is 2.08. The Bertz CT molecular complexity index is 1120. The Morgan fingerprint density at radius 3 is 2.59 bits per heavy atom. The van der Waals surface area contributed by atoms with Crippen LogP contribution in [0.15, 0.2) is 60.8 Å². The molecular formula is C21H18ClN5. The molecule has 0 atom stereocenters. The molecule has 2 N–H and O–H groups in total. The molecule has 0 radical (unpaired) electrons. The van der Waals surface area contributed by atoms with Crippen LogP contribution in [0.3, 0.4) is 0 Å². The number of para-hydroxylation sites is 1. The number of anilines is 4. The molecule has 0 saturated carbocycles. The zero-order valence-corrected chi connectivity index (χ0v) is 15.7. The fourth-order valence-corrected chi connectivity index (χ4v) is 3.05. The van der Waals surface area contributed by atoms with E-state index in [0.717, 1.165) is 33.5 Å². The molecule has 134 valence electrons. The molecule has 0 bridgehead atoms. The fraction of sp³-hybridized carbons (Fsp3) is 0.0952. The summed E-state index contributed by atoms with van der Waals surface area (Å²) in [5, 5.41) is 8.35. The summed E-state index contributed by atoms with van der Waals surface area (Å²) < 4.78 is 0. The van der Waals surface area contributed by atoms with Gasteiger partial charge in [0.2, 0.25) is 5.95 Å². The standard InChI is InChI=1S/C21H18ClN5/c1-13-8-9-16(22)12-18(13)26-21-24-14(2)11-19(27-21)25-17-7-3-5-15-6-4-10-23-20(15)17/h3-12H,1-2H3,(H2,24,25,26,27). The van der Waals surface area contributed by atoms with Gasteiger partial charge in [-0.25, -0.2) is 4.98 Å². The van der Waals surface area contributed by atoms with E-state index in [1.165, 1.54) is 0 Å². The van der Waals surface area contributed by atoms with Crippen molar-refractivity contribution in [2.24, 2.45) is 0 Å². The van der Waals surface area contributed by atoms with Crippen LogP contribution in [0.1, 0.15) is 11.3 Å². The van der Waals surface area contributed by atoms with E-state index in [9.17, 15) is 0 Å². The van der Waals surface area contributed by atoms with Crippen molar-refractivity contribution >= 4 is 45.6 Å². The number of halogens is 1. The number of hydrogen-bond acceptors (Lipinski definition) is 5. The Balaban J connectivity index is 1.67. The van der Waals surface area contributed by atoms with Crippen LogP contribution in [0.5, 0.6) is 0 Å². The number of nitrogens with one attached hydrogen (secondary N) is 2. The van der Waals surface area contributed by atoms with E-state index in [2.05, 4.69) is 25.6 Å². The van der Waals surface area contributed by atoms with Crippen LogP contribution in [0, 0.1) is 13.8 Å². The summed E-state index contributed by atoms with van der Waals surface area (Å²) in [7, 11) is 0. The van der Waals surface area contributed by atoms with Crippen LogP contribution < -0.4 is 10.6 Å². The largest absolute Gasteiger partial charge is 0.338 e. The van der Waals surface area contributed by atoms with Gasteiger partial charge in [-0.15, -0.1) is 0 Å². The maximum absolute atomic E-state index is 6.11. The maximum atomic E-state index is 6.11. The van der Waals surface area contributed by atoms with Crippen molar-refractivity contribution in [3.8, 4) is 0 Å². The smallest absolute Gasteiger partial charge is 0.229 e. The van der Waals surface area contributed by atoms with Crippen molar-refractivity contribution in [2.45, 2.75) is 13.8 Å². The second-order valence-electron chi connectivity index (χ2n) is 6.31. The van der Waals surface area contributed by atoms with Gasteiger partial charge in [0, 0.05) is 34.1 Å². The minimum Gasteiger partial charge on any atom is -0.338 e. The molecule has 0 saturated heterocycles. The third-order valence-electron chi connectivity index (χ3n) is 4.20. The van der Waals surface area contributed by atoms with Gasteiger partial charge in [-0.1, -0.05) is 35.9 Å². The van der Waals surface area contributed by atoms with Crippen molar-refractivity contribution in [3.05, 3.63) is 77.1 Å². The van der Waals surface area contributed by atoms with Crippen LogP contribution in [-0.4, -0.2) is 15.0 Å². The van der Waals surface area contributed by atoms with Crippen LogP contribution >= 0.6 is 11.6 Å². The first-order valence-electron chi connectivity index (χ1n) is 8.58. The number of benzene rings is 2. The number of rotatable bonds is 4. The highest BCUT2D eigenvalue weighted by atomic mass is 35.5. The number of fused-ring (bicyclic) bond motifs is 1. The second-order valence-corrected chi connectivity index (χ2v) is 6.74. The molecular weight excluding hydrogens is 358 g/mol. The summed E-state index contributed by atoms with van der Waals surface area (Å²) in [6.07, 6.45) is 1.79. The third kappa shape index (κ3) is 3.83. The number of pyridine rings is 1. The summed E-state index contributed by atoms with van der Waals surface area (Å²) in [5.41, 5.74) is 4.60. The first-order valence-corrected chi connectivity index (χ1v) is 8.96. The van der Waals surface area contributed by atoms with E-state index in [4.69, 9.17) is 11.6 Å². The Morgan fingerprint density at radius 1 is 0.852 bits per heavy atom. The minimum atomic E-state index is 0.510. The van der Waals surface area contributed by atoms with E-state index in [0.29, 0.717) is 16.8 Å². The van der Waals surface area contributed by atoms with Crippen molar-refractivity contribution in [1.29, 1.82) is 0 Å².